The van der Waals surface area contributed by atoms with Crippen LogP contribution in [-0.4, -0.2) is 17.3 Å². The van der Waals surface area contributed by atoms with Crippen LogP contribution in [0.25, 0.3) is 10.9 Å². The van der Waals surface area contributed by atoms with Gasteiger partial charge in [0.1, 0.15) is 0 Å². The highest BCUT2D eigenvalue weighted by Gasteiger charge is 2.28. The summed E-state index contributed by atoms with van der Waals surface area (Å²) in [5.41, 5.74) is 9.33. The van der Waals surface area contributed by atoms with Crippen LogP contribution < -0.4 is 20.5 Å². The van der Waals surface area contributed by atoms with Crippen molar-refractivity contribution in [2.24, 2.45) is 5.73 Å². The average molecular weight is 384 g/mol. The maximum absolute atomic E-state index is 6.66. The molecule has 0 saturated heterocycles. The summed E-state index contributed by atoms with van der Waals surface area (Å²) in [7, 11) is 0. The number of nitrogens with zero attached hydrogens (tertiary/aromatic N) is 1. The van der Waals surface area contributed by atoms with Crippen LogP contribution in [0.4, 0.5) is 0 Å². The van der Waals surface area contributed by atoms with Crippen molar-refractivity contribution in [1.82, 2.24) is 10.3 Å². The van der Waals surface area contributed by atoms with Crippen LogP contribution in [0.5, 0.6) is 11.5 Å². The second kappa shape index (κ2) is 7.00. The predicted molar refractivity (Wildman–Crippen MR) is 107 cm³/mol. The number of rotatable bonds is 5. The Balaban J connectivity index is 1.55. The first-order chi connectivity index (χ1) is 12.9. The van der Waals surface area contributed by atoms with Crippen molar-refractivity contribution in [3.8, 4) is 11.5 Å². The summed E-state index contributed by atoms with van der Waals surface area (Å²) in [6, 6.07) is 13.4. The van der Waals surface area contributed by atoms with Gasteiger partial charge in [-0.25, -0.2) is 0 Å². The molecule has 1 atom stereocenters. The van der Waals surface area contributed by atoms with Crippen molar-refractivity contribution in [3.63, 3.8) is 0 Å². The fraction of sp³-hybridized carbons (Fsp3) is 0.286. The molecule has 3 aromatic rings. The third-order valence-corrected chi connectivity index (χ3v) is 5.27. The van der Waals surface area contributed by atoms with Gasteiger partial charge in [0, 0.05) is 34.7 Å². The molecule has 3 N–H and O–H groups in total. The van der Waals surface area contributed by atoms with E-state index in [1.807, 2.05) is 42.5 Å². The standard InChI is InChI=1S/C21H22ClN3O2/c1-21(2,25-11-13-3-6-18-19(9-13)27-12-26-18)20(23)16-7-8-24-17-10-14(22)4-5-15(16)17/h3-10,20,25H,11-12,23H2,1-2H3. The molecule has 1 unspecified atom stereocenters. The Labute approximate surface area is 163 Å². The first-order valence-electron chi connectivity index (χ1n) is 8.87. The number of halogens is 1. The molecular formula is C21H22ClN3O2. The van der Waals surface area contributed by atoms with E-state index in [0.717, 1.165) is 33.5 Å². The first-order valence-corrected chi connectivity index (χ1v) is 9.25. The van der Waals surface area contributed by atoms with Gasteiger partial charge in [-0.15, -0.1) is 0 Å². The summed E-state index contributed by atoms with van der Waals surface area (Å²) < 4.78 is 10.8. The van der Waals surface area contributed by atoms with E-state index in [4.69, 9.17) is 26.8 Å². The number of nitrogens with one attached hydrogen (secondary N) is 1. The molecule has 6 heteroatoms. The summed E-state index contributed by atoms with van der Waals surface area (Å²) in [6.45, 7) is 5.16. The first kappa shape index (κ1) is 18.0. The van der Waals surface area contributed by atoms with E-state index >= 15 is 0 Å². The summed E-state index contributed by atoms with van der Waals surface area (Å²) in [5, 5.41) is 5.26. The zero-order valence-electron chi connectivity index (χ0n) is 15.3. The zero-order valence-corrected chi connectivity index (χ0v) is 16.1. The molecule has 1 aliphatic rings. The Hall–Kier alpha value is -2.34. The lowest BCUT2D eigenvalue weighted by atomic mass is 9.87. The van der Waals surface area contributed by atoms with Crippen molar-refractivity contribution in [1.29, 1.82) is 0 Å². The van der Waals surface area contributed by atoms with Gasteiger partial charge in [-0.1, -0.05) is 23.7 Å². The van der Waals surface area contributed by atoms with Gasteiger partial charge >= 0.3 is 0 Å². The maximum atomic E-state index is 6.66. The van der Waals surface area contributed by atoms with Gasteiger partial charge < -0.3 is 20.5 Å². The maximum Gasteiger partial charge on any atom is 0.231 e. The highest BCUT2D eigenvalue weighted by molar-refractivity contribution is 6.31. The quantitative estimate of drug-likeness (QED) is 0.691. The molecule has 4 rings (SSSR count). The minimum atomic E-state index is -0.343. The second-order valence-electron chi connectivity index (χ2n) is 7.30. The summed E-state index contributed by atoms with van der Waals surface area (Å²) in [5.74, 6) is 1.57. The van der Waals surface area contributed by atoms with Crippen molar-refractivity contribution in [2.75, 3.05) is 6.79 Å². The minimum absolute atomic E-state index is 0.224. The SMILES string of the molecule is CC(C)(NCc1ccc2c(c1)OCO2)C(N)c1ccnc2cc(Cl)ccc12. The third kappa shape index (κ3) is 3.58. The molecule has 0 radical (unpaired) electrons. The van der Waals surface area contributed by atoms with Gasteiger partial charge in [0.15, 0.2) is 11.5 Å². The Morgan fingerprint density at radius 1 is 1.15 bits per heavy atom. The van der Waals surface area contributed by atoms with E-state index in [0.29, 0.717) is 11.6 Å². The minimum Gasteiger partial charge on any atom is -0.454 e. The van der Waals surface area contributed by atoms with Crippen LogP contribution >= 0.6 is 11.6 Å². The Morgan fingerprint density at radius 3 is 2.81 bits per heavy atom. The lowest BCUT2D eigenvalue weighted by Gasteiger charge is -2.34. The van der Waals surface area contributed by atoms with Gasteiger partial charge in [-0.2, -0.15) is 0 Å². The smallest absolute Gasteiger partial charge is 0.231 e. The van der Waals surface area contributed by atoms with Crippen LogP contribution in [0.2, 0.25) is 5.02 Å². The van der Waals surface area contributed by atoms with Crippen LogP contribution in [0.15, 0.2) is 48.7 Å². The molecular weight excluding hydrogens is 362 g/mol. The number of aromatic nitrogens is 1. The van der Waals surface area contributed by atoms with Crippen LogP contribution in [0.3, 0.4) is 0 Å². The van der Waals surface area contributed by atoms with E-state index in [-0.39, 0.29) is 18.4 Å². The Morgan fingerprint density at radius 2 is 1.96 bits per heavy atom. The van der Waals surface area contributed by atoms with Crippen LogP contribution in [-0.2, 0) is 6.54 Å². The Bertz CT molecular complexity index is 990. The number of benzene rings is 2. The van der Waals surface area contributed by atoms with Crippen LogP contribution in [0, 0.1) is 0 Å². The van der Waals surface area contributed by atoms with Gasteiger partial charge in [0.05, 0.1) is 5.52 Å². The van der Waals surface area contributed by atoms with Gasteiger partial charge in [0.25, 0.3) is 0 Å². The molecule has 140 valence electrons. The molecule has 0 saturated carbocycles. The summed E-state index contributed by atoms with van der Waals surface area (Å²) >= 11 is 6.10. The molecule has 1 aromatic heterocycles. The van der Waals surface area contributed by atoms with Gasteiger partial charge in [-0.3, -0.25) is 4.98 Å². The number of nitrogens with two attached hydrogens (primary N) is 1. The summed E-state index contributed by atoms with van der Waals surface area (Å²) in [6.07, 6.45) is 1.78. The monoisotopic (exact) mass is 383 g/mol. The predicted octanol–water partition coefficient (Wildman–Crippen LogP) is 4.19. The molecule has 2 heterocycles. The van der Waals surface area contributed by atoms with Crippen molar-refractivity contribution in [2.45, 2.75) is 32.0 Å². The topological polar surface area (TPSA) is 69.4 Å². The highest BCUT2D eigenvalue weighted by atomic mass is 35.5. The molecule has 2 aromatic carbocycles. The zero-order chi connectivity index (χ0) is 19.0. The van der Waals surface area contributed by atoms with Crippen molar-refractivity contribution in [3.05, 3.63) is 64.8 Å². The fourth-order valence-corrected chi connectivity index (χ4v) is 3.46. The number of ether oxygens (including phenoxy) is 2. The van der Waals surface area contributed by atoms with Gasteiger partial charge in [0.2, 0.25) is 6.79 Å². The number of fused-ring (bicyclic) bond motifs is 2. The number of hydrogen-bond acceptors (Lipinski definition) is 5. The largest absolute Gasteiger partial charge is 0.454 e. The molecule has 0 amide bonds. The molecule has 5 nitrogen and oxygen atoms in total. The second-order valence-corrected chi connectivity index (χ2v) is 7.74. The molecule has 0 fully saturated rings. The Kier molecular flexibility index (Phi) is 4.68. The normalized spacial score (nSPS) is 14.5. The van der Waals surface area contributed by atoms with Crippen molar-refractivity contribution >= 4 is 22.5 Å². The van der Waals surface area contributed by atoms with Crippen molar-refractivity contribution < 1.29 is 9.47 Å². The molecule has 0 aliphatic carbocycles. The summed E-state index contributed by atoms with van der Waals surface area (Å²) in [4.78, 5) is 4.41. The van der Waals surface area contributed by atoms with E-state index in [9.17, 15) is 0 Å². The third-order valence-electron chi connectivity index (χ3n) is 5.04. The van der Waals surface area contributed by atoms with E-state index in [1.165, 1.54) is 0 Å². The average Bonchev–Trinajstić information content (AvgIpc) is 3.13. The van der Waals surface area contributed by atoms with Gasteiger partial charge in [-0.05, 0) is 55.3 Å². The highest BCUT2D eigenvalue weighted by Crippen LogP contribution is 2.33. The lowest BCUT2D eigenvalue weighted by Crippen LogP contribution is -2.48. The van der Waals surface area contributed by atoms with E-state index < -0.39 is 0 Å². The van der Waals surface area contributed by atoms with Crippen LogP contribution in [0.1, 0.15) is 31.0 Å². The van der Waals surface area contributed by atoms with E-state index in [2.05, 4.69) is 24.1 Å². The molecule has 27 heavy (non-hydrogen) atoms. The van der Waals surface area contributed by atoms with E-state index in [1.54, 1.807) is 6.20 Å². The molecule has 0 spiro atoms. The molecule has 1 aliphatic heterocycles. The molecule has 0 bridgehead atoms. The lowest BCUT2D eigenvalue weighted by molar-refractivity contribution is 0.174. The fourth-order valence-electron chi connectivity index (χ4n) is 3.29. The number of hydrogen-bond donors (Lipinski definition) is 2. The number of pyridine rings is 1.